The lowest BCUT2D eigenvalue weighted by molar-refractivity contribution is 0.104. The molecule has 2 rings (SSSR count). The number of nitrogens with one attached hydrogen (secondary N) is 1. The highest BCUT2D eigenvalue weighted by Gasteiger charge is 2.11. The standard InChI is InChI=1S/C15H13Br2NO3/c1-20-10-4-5-11(14(8-10)21-2)13(19)6-3-9-7-12(16)15(17)18-9/h3-8,18H,1-2H3/b6-3+. The van der Waals surface area contributed by atoms with E-state index in [0.29, 0.717) is 17.1 Å². The van der Waals surface area contributed by atoms with Crippen LogP contribution < -0.4 is 9.47 Å². The third-order valence-electron chi connectivity index (χ3n) is 2.83. The largest absolute Gasteiger partial charge is 0.497 e. The molecular weight excluding hydrogens is 402 g/mol. The van der Waals surface area contributed by atoms with E-state index < -0.39 is 0 Å². The van der Waals surface area contributed by atoms with Crippen LogP contribution >= 0.6 is 31.9 Å². The van der Waals surface area contributed by atoms with Gasteiger partial charge < -0.3 is 14.5 Å². The molecule has 0 unspecified atom stereocenters. The van der Waals surface area contributed by atoms with Gasteiger partial charge in [0.25, 0.3) is 0 Å². The van der Waals surface area contributed by atoms with Crippen molar-refractivity contribution in [2.75, 3.05) is 14.2 Å². The second-order valence-corrected chi connectivity index (χ2v) is 5.80. The average Bonchev–Trinajstić information content (AvgIpc) is 2.82. The molecule has 1 heterocycles. The fourth-order valence-corrected chi connectivity index (χ4v) is 2.46. The van der Waals surface area contributed by atoms with E-state index in [1.165, 1.54) is 13.2 Å². The van der Waals surface area contributed by atoms with Crippen LogP contribution in [0, 0.1) is 0 Å². The molecule has 0 radical (unpaired) electrons. The molecule has 0 aliphatic carbocycles. The Bertz CT molecular complexity index is 673. The van der Waals surface area contributed by atoms with Crippen molar-refractivity contribution >= 4 is 43.7 Å². The number of rotatable bonds is 5. The first-order chi connectivity index (χ1) is 10.0. The first-order valence-corrected chi connectivity index (χ1v) is 7.62. The zero-order valence-corrected chi connectivity index (χ0v) is 14.6. The Kier molecular flexibility index (Phi) is 5.25. The van der Waals surface area contributed by atoms with E-state index in [4.69, 9.17) is 9.47 Å². The monoisotopic (exact) mass is 413 g/mol. The number of ether oxygens (including phenoxy) is 2. The first-order valence-electron chi connectivity index (χ1n) is 6.03. The van der Waals surface area contributed by atoms with Crippen molar-refractivity contribution < 1.29 is 14.3 Å². The van der Waals surface area contributed by atoms with Crippen molar-refractivity contribution in [1.29, 1.82) is 0 Å². The number of benzene rings is 1. The molecule has 0 aliphatic rings. The van der Waals surface area contributed by atoms with E-state index in [0.717, 1.165) is 14.8 Å². The Labute approximate surface area is 139 Å². The van der Waals surface area contributed by atoms with Gasteiger partial charge in [-0.1, -0.05) is 0 Å². The fraction of sp³-hybridized carbons (Fsp3) is 0.133. The normalized spacial score (nSPS) is 10.9. The number of methoxy groups -OCH3 is 2. The molecule has 0 fully saturated rings. The summed E-state index contributed by atoms with van der Waals surface area (Å²) in [6.45, 7) is 0. The van der Waals surface area contributed by atoms with Crippen LogP contribution in [0.2, 0.25) is 0 Å². The van der Waals surface area contributed by atoms with Crippen LogP contribution in [0.4, 0.5) is 0 Å². The summed E-state index contributed by atoms with van der Waals surface area (Å²) in [5.41, 5.74) is 1.30. The van der Waals surface area contributed by atoms with Crippen molar-refractivity contribution in [1.82, 2.24) is 4.98 Å². The number of allylic oxidation sites excluding steroid dienone is 1. The Hall–Kier alpha value is -1.53. The average molecular weight is 415 g/mol. The first kappa shape index (κ1) is 15.9. The molecule has 6 heteroatoms. The number of carbonyl (C=O) groups is 1. The predicted octanol–water partition coefficient (Wildman–Crippen LogP) is 4.45. The summed E-state index contributed by atoms with van der Waals surface area (Å²) in [5.74, 6) is 0.985. The van der Waals surface area contributed by atoms with Gasteiger partial charge >= 0.3 is 0 Å². The molecule has 4 nitrogen and oxygen atoms in total. The smallest absolute Gasteiger partial charge is 0.189 e. The SMILES string of the molecule is COc1ccc(C(=O)/C=C/c2cc(Br)c(Br)[nH]2)c(OC)c1. The lowest BCUT2D eigenvalue weighted by Gasteiger charge is -2.07. The minimum atomic E-state index is -0.142. The second kappa shape index (κ2) is 6.95. The van der Waals surface area contributed by atoms with Gasteiger partial charge in [-0.2, -0.15) is 0 Å². The van der Waals surface area contributed by atoms with E-state index in [-0.39, 0.29) is 5.78 Å². The number of hydrogen-bond acceptors (Lipinski definition) is 3. The van der Waals surface area contributed by atoms with Crippen LogP contribution in [0.25, 0.3) is 6.08 Å². The van der Waals surface area contributed by atoms with Gasteiger partial charge in [0.2, 0.25) is 0 Å². The van der Waals surface area contributed by atoms with Gasteiger partial charge in [-0.15, -0.1) is 0 Å². The number of halogens is 2. The molecular formula is C15H13Br2NO3. The topological polar surface area (TPSA) is 51.3 Å². The van der Waals surface area contributed by atoms with E-state index in [1.54, 1.807) is 31.4 Å². The quantitative estimate of drug-likeness (QED) is 0.580. The fourth-order valence-electron chi connectivity index (χ4n) is 1.77. The lowest BCUT2D eigenvalue weighted by atomic mass is 10.1. The summed E-state index contributed by atoms with van der Waals surface area (Å²) in [6.07, 6.45) is 3.20. The maximum absolute atomic E-state index is 12.2. The van der Waals surface area contributed by atoms with Gasteiger partial charge in [-0.25, -0.2) is 0 Å². The van der Waals surface area contributed by atoms with Crippen molar-refractivity contribution in [2.45, 2.75) is 0 Å². The highest BCUT2D eigenvalue weighted by molar-refractivity contribution is 9.13. The highest BCUT2D eigenvalue weighted by atomic mass is 79.9. The lowest BCUT2D eigenvalue weighted by Crippen LogP contribution is -1.99. The summed E-state index contributed by atoms with van der Waals surface area (Å²) in [7, 11) is 3.09. The number of hydrogen-bond donors (Lipinski definition) is 1. The van der Waals surface area contributed by atoms with E-state index in [1.807, 2.05) is 6.07 Å². The molecule has 1 N–H and O–H groups in total. The summed E-state index contributed by atoms with van der Waals surface area (Å²) in [5, 5.41) is 0. The van der Waals surface area contributed by atoms with Crippen molar-refractivity contribution in [3.8, 4) is 11.5 Å². The summed E-state index contributed by atoms with van der Waals surface area (Å²) < 4.78 is 12.1. The van der Waals surface area contributed by atoms with Crippen molar-refractivity contribution in [3.05, 3.63) is 50.7 Å². The van der Waals surface area contributed by atoms with E-state index in [2.05, 4.69) is 36.8 Å². The Morgan fingerprint density at radius 2 is 1.95 bits per heavy atom. The third kappa shape index (κ3) is 3.77. The van der Waals surface area contributed by atoms with Crippen LogP contribution in [0.3, 0.4) is 0 Å². The molecule has 21 heavy (non-hydrogen) atoms. The third-order valence-corrected chi connectivity index (χ3v) is 4.62. The second-order valence-electron chi connectivity index (χ2n) is 4.15. The molecule has 0 atom stereocenters. The van der Waals surface area contributed by atoms with Gasteiger partial charge in [0.1, 0.15) is 11.5 Å². The maximum Gasteiger partial charge on any atom is 0.189 e. The molecule has 2 aromatic rings. The summed E-state index contributed by atoms with van der Waals surface area (Å²) in [6, 6.07) is 6.97. The zero-order chi connectivity index (χ0) is 15.4. The van der Waals surface area contributed by atoms with Gasteiger partial charge in [0.05, 0.1) is 28.9 Å². The number of H-pyrrole nitrogens is 1. The molecule has 1 aromatic carbocycles. The molecule has 0 amide bonds. The minimum absolute atomic E-state index is 0.142. The van der Waals surface area contributed by atoms with Crippen LogP contribution in [-0.2, 0) is 0 Å². The van der Waals surface area contributed by atoms with Gasteiger partial charge in [-0.3, -0.25) is 4.79 Å². The van der Waals surface area contributed by atoms with E-state index in [9.17, 15) is 4.79 Å². The Morgan fingerprint density at radius 3 is 2.52 bits per heavy atom. The molecule has 0 saturated carbocycles. The van der Waals surface area contributed by atoms with Gasteiger partial charge in [-0.05, 0) is 62.2 Å². The molecule has 1 aromatic heterocycles. The predicted molar refractivity (Wildman–Crippen MR) is 89.1 cm³/mol. The molecule has 0 saturated heterocycles. The van der Waals surface area contributed by atoms with Crippen LogP contribution in [0.5, 0.6) is 11.5 Å². The Balaban J connectivity index is 2.23. The molecule has 0 aliphatic heterocycles. The summed E-state index contributed by atoms with van der Waals surface area (Å²) in [4.78, 5) is 15.3. The summed E-state index contributed by atoms with van der Waals surface area (Å²) >= 11 is 6.73. The number of carbonyl (C=O) groups excluding carboxylic acids is 1. The highest BCUT2D eigenvalue weighted by Crippen LogP contribution is 2.26. The van der Waals surface area contributed by atoms with Gasteiger partial charge in [0.15, 0.2) is 5.78 Å². The number of aromatic nitrogens is 1. The van der Waals surface area contributed by atoms with E-state index >= 15 is 0 Å². The zero-order valence-electron chi connectivity index (χ0n) is 11.4. The molecule has 0 bridgehead atoms. The van der Waals surface area contributed by atoms with Crippen LogP contribution in [-0.4, -0.2) is 25.0 Å². The number of aromatic amines is 1. The molecule has 110 valence electrons. The van der Waals surface area contributed by atoms with Crippen LogP contribution in [0.1, 0.15) is 16.1 Å². The van der Waals surface area contributed by atoms with Gasteiger partial charge in [0, 0.05) is 11.8 Å². The van der Waals surface area contributed by atoms with Crippen LogP contribution in [0.15, 0.2) is 39.4 Å². The molecule has 0 spiro atoms. The number of ketones is 1. The van der Waals surface area contributed by atoms with Crippen molar-refractivity contribution in [3.63, 3.8) is 0 Å². The van der Waals surface area contributed by atoms with Crippen molar-refractivity contribution in [2.24, 2.45) is 0 Å². The Morgan fingerprint density at radius 1 is 1.19 bits per heavy atom. The minimum Gasteiger partial charge on any atom is -0.497 e. The maximum atomic E-state index is 12.2.